The molecule has 26 heavy (non-hydrogen) atoms. The molecule has 0 aromatic heterocycles. The average molecular weight is 357 g/mol. The minimum atomic E-state index is -0.699. The van der Waals surface area contributed by atoms with Crippen LogP contribution in [0.1, 0.15) is 57.4 Å². The van der Waals surface area contributed by atoms with Gasteiger partial charge >= 0.3 is 5.97 Å². The molecule has 142 valence electrons. The summed E-state index contributed by atoms with van der Waals surface area (Å²) in [5.41, 5.74) is 2.78. The van der Waals surface area contributed by atoms with Gasteiger partial charge in [-0.25, -0.2) is 0 Å². The Hall–Kier alpha value is -1.65. The van der Waals surface area contributed by atoms with Gasteiger partial charge in [0.15, 0.2) is 0 Å². The fourth-order valence-electron chi connectivity index (χ4n) is 4.11. The zero-order chi connectivity index (χ0) is 18.4. The Bertz CT molecular complexity index is 606. The average Bonchev–Trinajstić information content (AvgIpc) is 3.40. The Morgan fingerprint density at radius 3 is 2.54 bits per heavy atom. The first-order valence-electron chi connectivity index (χ1n) is 10.1. The number of benzene rings is 1. The third kappa shape index (κ3) is 5.96. The van der Waals surface area contributed by atoms with Crippen LogP contribution in [-0.4, -0.2) is 35.7 Å². The molecule has 0 unspecified atom stereocenters. The van der Waals surface area contributed by atoms with Crippen molar-refractivity contribution in [2.24, 2.45) is 5.92 Å². The fourth-order valence-corrected chi connectivity index (χ4v) is 4.11. The zero-order valence-corrected chi connectivity index (χ0v) is 15.8. The lowest BCUT2D eigenvalue weighted by molar-refractivity contribution is -0.137. The standard InChI is InChI=1S/C22H32N2O2/c1-16(14-17-6-3-2-4-7-17)20-15-21(20)24-19-11-9-18(10-12-19)23-13-5-8-22(25)26/h2-4,6-7,14,18-21,23-24H,5,8-13,15H2,1H3,(H,25,26)/b16-14+/t18-,19-,20-,21+/m0/s1. The summed E-state index contributed by atoms with van der Waals surface area (Å²) in [6, 6.07) is 12.4. The van der Waals surface area contributed by atoms with Crippen LogP contribution >= 0.6 is 0 Å². The van der Waals surface area contributed by atoms with Crippen LogP contribution in [0.15, 0.2) is 35.9 Å². The van der Waals surface area contributed by atoms with E-state index in [4.69, 9.17) is 5.11 Å². The summed E-state index contributed by atoms with van der Waals surface area (Å²) < 4.78 is 0. The van der Waals surface area contributed by atoms with E-state index in [2.05, 4.69) is 54.0 Å². The highest BCUT2D eigenvalue weighted by Gasteiger charge is 2.39. The summed E-state index contributed by atoms with van der Waals surface area (Å²) in [6.45, 7) is 3.08. The van der Waals surface area contributed by atoms with E-state index < -0.39 is 5.97 Å². The van der Waals surface area contributed by atoms with Gasteiger partial charge in [-0.3, -0.25) is 4.79 Å². The Labute approximate surface area is 157 Å². The topological polar surface area (TPSA) is 61.4 Å². The summed E-state index contributed by atoms with van der Waals surface area (Å²) in [5.74, 6) is -0.00243. The minimum Gasteiger partial charge on any atom is -0.481 e. The van der Waals surface area contributed by atoms with E-state index in [1.807, 2.05) is 0 Å². The molecule has 2 fully saturated rings. The van der Waals surface area contributed by atoms with Gasteiger partial charge in [-0.05, 0) is 63.5 Å². The molecule has 4 heteroatoms. The van der Waals surface area contributed by atoms with Crippen LogP contribution in [0, 0.1) is 5.92 Å². The lowest BCUT2D eigenvalue weighted by Gasteiger charge is -2.30. The van der Waals surface area contributed by atoms with Crippen LogP contribution in [0.2, 0.25) is 0 Å². The van der Waals surface area contributed by atoms with Gasteiger partial charge in [0.25, 0.3) is 0 Å². The molecule has 1 aromatic rings. The maximum atomic E-state index is 10.5. The van der Waals surface area contributed by atoms with E-state index in [1.54, 1.807) is 0 Å². The molecule has 0 spiro atoms. The van der Waals surface area contributed by atoms with Gasteiger partial charge in [-0.2, -0.15) is 0 Å². The molecule has 3 rings (SSSR count). The first-order chi connectivity index (χ1) is 12.6. The zero-order valence-electron chi connectivity index (χ0n) is 15.8. The van der Waals surface area contributed by atoms with Crippen molar-refractivity contribution in [3.63, 3.8) is 0 Å². The lowest BCUT2D eigenvalue weighted by atomic mass is 9.91. The van der Waals surface area contributed by atoms with Crippen molar-refractivity contribution < 1.29 is 9.90 Å². The molecule has 2 saturated carbocycles. The molecule has 0 saturated heterocycles. The summed E-state index contributed by atoms with van der Waals surface area (Å²) in [6.07, 6.45) is 9.42. The van der Waals surface area contributed by atoms with Gasteiger partial charge in [-0.1, -0.05) is 42.0 Å². The highest BCUT2D eigenvalue weighted by molar-refractivity contribution is 5.66. The number of carboxylic acid groups (broad SMARTS) is 1. The largest absolute Gasteiger partial charge is 0.481 e. The molecule has 0 radical (unpaired) electrons. The Morgan fingerprint density at radius 2 is 1.85 bits per heavy atom. The van der Waals surface area contributed by atoms with E-state index in [9.17, 15) is 4.79 Å². The SMILES string of the molecule is C/C(=C\c1ccccc1)[C@@H]1C[C@H]1N[C@H]1CC[C@H](NCCCC(=O)O)CC1. The third-order valence-corrected chi connectivity index (χ3v) is 5.75. The molecule has 0 heterocycles. The van der Waals surface area contributed by atoms with Crippen molar-refractivity contribution in [2.45, 2.75) is 70.0 Å². The van der Waals surface area contributed by atoms with Crippen molar-refractivity contribution in [3.05, 3.63) is 41.5 Å². The molecule has 2 aliphatic rings. The molecular weight excluding hydrogens is 324 g/mol. The van der Waals surface area contributed by atoms with Gasteiger partial charge in [0.05, 0.1) is 0 Å². The molecule has 4 nitrogen and oxygen atoms in total. The first kappa shape index (κ1) is 19.1. The summed E-state index contributed by atoms with van der Waals surface area (Å²) in [7, 11) is 0. The molecule has 2 atom stereocenters. The van der Waals surface area contributed by atoms with E-state index in [0.29, 0.717) is 24.0 Å². The van der Waals surface area contributed by atoms with Crippen LogP contribution in [0.4, 0.5) is 0 Å². The Kier molecular flexibility index (Phi) is 6.86. The highest BCUT2D eigenvalue weighted by atomic mass is 16.4. The summed E-state index contributed by atoms with van der Waals surface area (Å²) in [5, 5.41) is 16.1. The first-order valence-corrected chi connectivity index (χ1v) is 10.1. The van der Waals surface area contributed by atoms with E-state index in [0.717, 1.165) is 13.0 Å². The molecule has 2 aliphatic carbocycles. The fraction of sp³-hybridized carbons (Fsp3) is 0.591. The molecule has 1 aromatic carbocycles. The second kappa shape index (κ2) is 9.33. The molecule has 0 aliphatic heterocycles. The van der Waals surface area contributed by atoms with Crippen molar-refractivity contribution in [2.75, 3.05) is 6.54 Å². The van der Waals surface area contributed by atoms with Gasteiger partial charge in [0.1, 0.15) is 0 Å². The summed E-state index contributed by atoms with van der Waals surface area (Å²) >= 11 is 0. The van der Waals surface area contributed by atoms with E-state index >= 15 is 0 Å². The second-order valence-corrected chi connectivity index (χ2v) is 7.91. The number of rotatable bonds is 9. The molecule has 0 amide bonds. The number of hydrogen-bond donors (Lipinski definition) is 3. The van der Waals surface area contributed by atoms with Crippen LogP contribution in [-0.2, 0) is 4.79 Å². The number of carbonyl (C=O) groups is 1. The maximum Gasteiger partial charge on any atom is 0.303 e. The van der Waals surface area contributed by atoms with Crippen LogP contribution in [0.5, 0.6) is 0 Å². The molecule has 3 N–H and O–H groups in total. The van der Waals surface area contributed by atoms with Crippen molar-refractivity contribution >= 4 is 12.0 Å². The number of hydrogen-bond acceptors (Lipinski definition) is 3. The number of nitrogens with one attached hydrogen (secondary N) is 2. The Morgan fingerprint density at radius 1 is 1.15 bits per heavy atom. The normalized spacial score (nSPS) is 28.7. The smallest absolute Gasteiger partial charge is 0.303 e. The molecule has 0 bridgehead atoms. The number of carboxylic acids is 1. The van der Waals surface area contributed by atoms with Crippen LogP contribution < -0.4 is 10.6 Å². The Balaban J connectivity index is 1.33. The number of aliphatic carboxylic acids is 1. The quantitative estimate of drug-likeness (QED) is 0.589. The lowest BCUT2D eigenvalue weighted by Crippen LogP contribution is -2.41. The van der Waals surface area contributed by atoms with Crippen molar-refractivity contribution in [3.8, 4) is 0 Å². The minimum absolute atomic E-state index is 0.267. The maximum absolute atomic E-state index is 10.5. The van der Waals surface area contributed by atoms with Crippen LogP contribution in [0.25, 0.3) is 6.08 Å². The molecular formula is C22H32N2O2. The predicted molar refractivity (Wildman–Crippen MR) is 106 cm³/mol. The van der Waals surface area contributed by atoms with E-state index in [-0.39, 0.29) is 6.42 Å². The highest BCUT2D eigenvalue weighted by Crippen LogP contribution is 2.39. The van der Waals surface area contributed by atoms with E-state index in [1.165, 1.54) is 43.2 Å². The van der Waals surface area contributed by atoms with Gasteiger partial charge in [-0.15, -0.1) is 0 Å². The second-order valence-electron chi connectivity index (χ2n) is 7.91. The predicted octanol–water partition coefficient (Wildman–Crippen LogP) is 3.83. The third-order valence-electron chi connectivity index (χ3n) is 5.75. The van der Waals surface area contributed by atoms with Gasteiger partial charge in [0.2, 0.25) is 0 Å². The van der Waals surface area contributed by atoms with Crippen molar-refractivity contribution in [1.29, 1.82) is 0 Å². The van der Waals surface area contributed by atoms with Gasteiger partial charge in [0, 0.05) is 24.5 Å². The monoisotopic (exact) mass is 356 g/mol. The van der Waals surface area contributed by atoms with Crippen molar-refractivity contribution in [1.82, 2.24) is 10.6 Å². The summed E-state index contributed by atoms with van der Waals surface area (Å²) in [4.78, 5) is 10.5. The van der Waals surface area contributed by atoms with Gasteiger partial charge < -0.3 is 15.7 Å². The van der Waals surface area contributed by atoms with Crippen LogP contribution in [0.3, 0.4) is 0 Å².